The van der Waals surface area contributed by atoms with Crippen LogP contribution in [0.3, 0.4) is 0 Å². The number of rotatable bonds is 3. The number of hydrogen-bond acceptors (Lipinski definition) is 5. The van der Waals surface area contributed by atoms with Gasteiger partial charge in [0.15, 0.2) is 5.78 Å². The standard InChI is InChI=1S/C14H19N5O/c1-4-17-12-11(9-15)14(18(3)13(12)10(2)20)19-7-5-16-6-8-19/h4,16H,5-8H2,1-3H3. The first kappa shape index (κ1) is 14.3. The molecule has 0 bridgehead atoms. The number of carbonyl (C=O) groups excluding carboxylic acids is 1. The van der Waals surface area contributed by atoms with Crippen LogP contribution in [0, 0.1) is 11.3 Å². The molecule has 1 fully saturated rings. The summed E-state index contributed by atoms with van der Waals surface area (Å²) in [6, 6.07) is 2.21. The van der Waals surface area contributed by atoms with Gasteiger partial charge in [-0.2, -0.15) is 5.26 Å². The topological polar surface area (TPSA) is 73.4 Å². The fourth-order valence-corrected chi connectivity index (χ4v) is 2.66. The molecule has 1 N–H and O–H groups in total. The summed E-state index contributed by atoms with van der Waals surface area (Å²) in [4.78, 5) is 18.3. The molecule has 0 saturated carbocycles. The van der Waals surface area contributed by atoms with Gasteiger partial charge in [-0.05, 0) is 6.92 Å². The van der Waals surface area contributed by atoms with Crippen LogP contribution in [0.2, 0.25) is 0 Å². The molecule has 1 aromatic heterocycles. The first-order chi connectivity index (χ1) is 9.61. The van der Waals surface area contributed by atoms with Crippen LogP contribution in [-0.2, 0) is 7.05 Å². The maximum atomic E-state index is 11.9. The highest BCUT2D eigenvalue weighted by molar-refractivity contribution is 6.01. The molecule has 1 saturated heterocycles. The van der Waals surface area contributed by atoms with E-state index < -0.39 is 0 Å². The number of aliphatic imine (C=N–C) groups is 1. The van der Waals surface area contributed by atoms with Crippen LogP contribution in [0.15, 0.2) is 4.99 Å². The average molecular weight is 273 g/mol. The molecule has 2 heterocycles. The van der Waals surface area contributed by atoms with Crippen LogP contribution in [0.25, 0.3) is 0 Å². The highest BCUT2D eigenvalue weighted by atomic mass is 16.1. The van der Waals surface area contributed by atoms with Gasteiger partial charge in [0.25, 0.3) is 0 Å². The van der Waals surface area contributed by atoms with E-state index in [1.165, 1.54) is 6.92 Å². The Hall–Kier alpha value is -2.13. The summed E-state index contributed by atoms with van der Waals surface area (Å²) in [5.74, 6) is 0.714. The number of Topliss-reactive ketones (excluding diaryl/α,β-unsaturated/α-hetero) is 1. The van der Waals surface area contributed by atoms with Gasteiger partial charge in [-0.1, -0.05) is 0 Å². The lowest BCUT2D eigenvalue weighted by molar-refractivity contribution is 0.101. The molecule has 0 spiro atoms. The molecule has 1 aliphatic heterocycles. The molecule has 0 unspecified atom stereocenters. The van der Waals surface area contributed by atoms with Crippen LogP contribution < -0.4 is 10.2 Å². The van der Waals surface area contributed by atoms with E-state index in [1.807, 2.05) is 7.05 Å². The lowest BCUT2D eigenvalue weighted by Gasteiger charge is -2.30. The van der Waals surface area contributed by atoms with Gasteiger partial charge in [0.2, 0.25) is 0 Å². The number of aromatic nitrogens is 1. The normalized spacial score (nSPS) is 15.6. The Bertz CT molecular complexity index is 588. The van der Waals surface area contributed by atoms with E-state index in [-0.39, 0.29) is 5.78 Å². The van der Waals surface area contributed by atoms with Crippen molar-refractivity contribution in [1.29, 1.82) is 5.26 Å². The second-order valence-corrected chi connectivity index (χ2v) is 4.75. The number of nitriles is 1. The van der Waals surface area contributed by atoms with E-state index in [1.54, 1.807) is 17.7 Å². The molecule has 20 heavy (non-hydrogen) atoms. The smallest absolute Gasteiger partial charge is 0.178 e. The molecular formula is C14H19N5O. The Morgan fingerprint density at radius 1 is 1.45 bits per heavy atom. The van der Waals surface area contributed by atoms with Crippen LogP contribution >= 0.6 is 0 Å². The Balaban J connectivity index is 2.64. The second-order valence-electron chi connectivity index (χ2n) is 4.75. The van der Waals surface area contributed by atoms with E-state index in [0.717, 1.165) is 32.0 Å². The molecule has 1 aromatic rings. The number of ketones is 1. The van der Waals surface area contributed by atoms with Crippen molar-refractivity contribution in [2.24, 2.45) is 12.0 Å². The van der Waals surface area contributed by atoms with Crippen molar-refractivity contribution in [2.45, 2.75) is 13.8 Å². The molecule has 0 aliphatic carbocycles. The van der Waals surface area contributed by atoms with Crippen LogP contribution in [-0.4, -0.2) is 42.7 Å². The molecule has 2 rings (SSSR count). The third-order valence-electron chi connectivity index (χ3n) is 3.46. The first-order valence-electron chi connectivity index (χ1n) is 6.69. The third-order valence-corrected chi connectivity index (χ3v) is 3.46. The van der Waals surface area contributed by atoms with E-state index in [0.29, 0.717) is 16.9 Å². The van der Waals surface area contributed by atoms with E-state index >= 15 is 0 Å². The minimum Gasteiger partial charge on any atom is -0.354 e. The average Bonchev–Trinajstić information content (AvgIpc) is 2.72. The molecule has 0 amide bonds. The lowest BCUT2D eigenvalue weighted by atomic mass is 10.2. The monoisotopic (exact) mass is 273 g/mol. The number of anilines is 1. The highest BCUT2D eigenvalue weighted by Crippen LogP contribution is 2.36. The van der Waals surface area contributed by atoms with E-state index in [2.05, 4.69) is 21.3 Å². The number of piperazine rings is 1. The molecule has 6 nitrogen and oxygen atoms in total. The molecule has 1 aliphatic rings. The summed E-state index contributed by atoms with van der Waals surface area (Å²) in [5, 5.41) is 12.8. The van der Waals surface area contributed by atoms with Gasteiger partial charge in [-0.25, -0.2) is 0 Å². The number of carbonyl (C=O) groups is 1. The zero-order valence-electron chi connectivity index (χ0n) is 12.1. The summed E-state index contributed by atoms with van der Waals surface area (Å²) in [6.07, 6.45) is 1.62. The molecular weight excluding hydrogens is 254 g/mol. The van der Waals surface area contributed by atoms with Gasteiger partial charge in [0, 0.05) is 46.4 Å². The fraction of sp³-hybridized carbons (Fsp3) is 0.500. The Morgan fingerprint density at radius 3 is 2.60 bits per heavy atom. The largest absolute Gasteiger partial charge is 0.354 e. The van der Waals surface area contributed by atoms with Crippen LogP contribution in [0.1, 0.15) is 29.9 Å². The summed E-state index contributed by atoms with van der Waals surface area (Å²) in [6.45, 7) is 6.67. The van der Waals surface area contributed by atoms with Gasteiger partial charge >= 0.3 is 0 Å². The van der Waals surface area contributed by atoms with Crippen molar-refractivity contribution in [1.82, 2.24) is 9.88 Å². The van der Waals surface area contributed by atoms with Gasteiger partial charge in [0.05, 0.1) is 0 Å². The fourth-order valence-electron chi connectivity index (χ4n) is 2.66. The molecule has 6 heteroatoms. The maximum Gasteiger partial charge on any atom is 0.178 e. The third kappa shape index (κ3) is 2.32. The van der Waals surface area contributed by atoms with Crippen LogP contribution in [0.4, 0.5) is 11.5 Å². The quantitative estimate of drug-likeness (QED) is 0.664. The Morgan fingerprint density at radius 2 is 2.10 bits per heavy atom. The SMILES string of the molecule is CC=Nc1c(C#N)c(N2CCNCC2)n(C)c1C(C)=O. The summed E-state index contributed by atoms with van der Waals surface area (Å²) in [5.41, 5.74) is 1.46. The predicted molar refractivity (Wildman–Crippen MR) is 79.0 cm³/mol. The van der Waals surface area contributed by atoms with Crippen molar-refractivity contribution in [3.63, 3.8) is 0 Å². The molecule has 0 radical (unpaired) electrons. The molecule has 0 aromatic carbocycles. The zero-order valence-corrected chi connectivity index (χ0v) is 12.1. The van der Waals surface area contributed by atoms with Crippen LogP contribution in [0.5, 0.6) is 0 Å². The molecule has 106 valence electrons. The van der Waals surface area contributed by atoms with Crippen molar-refractivity contribution in [2.75, 3.05) is 31.1 Å². The van der Waals surface area contributed by atoms with Crippen molar-refractivity contribution in [3.05, 3.63) is 11.3 Å². The van der Waals surface area contributed by atoms with E-state index in [9.17, 15) is 10.1 Å². The maximum absolute atomic E-state index is 11.9. The number of nitrogens with zero attached hydrogens (tertiary/aromatic N) is 4. The van der Waals surface area contributed by atoms with Gasteiger partial charge in [-0.3, -0.25) is 9.79 Å². The van der Waals surface area contributed by atoms with E-state index in [4.69, 9.17) is 0 Å². The first-order valence-corrected chi connectivity index (χ1v) is 6.69. The Labute approximate surface area is 118 Å². The second kappa shape index (κ2) is 5.88. The van der Waals surface area contributed by atoms with Crippen molar-refractivity contribution >= 4 is 23.5 Å². The van der Waals surface area contributed by atoms with Crippen molar-refractivity contribution in [3.8, 4) is 6.07 Å². The highest BCUT2D eigenvalue weighted by Gasteiger charge is 2.27. The minimum absolute atomic E-state index is 0.0778. The number of nitrogens with one attached hydrogen (secondary N) is 1. The minimum atomic E-state index is -0.0778. The summed E-state index contributed by atoms with van der Waals surface area (Å²) >= 11 is 0. The predicted octanol–water partition coefficient (Wildman–Crippen LogP) is 1.23. The zero-order chi connectivity index (χ0) is 14.7. The Kier molecular flexibility index (Phi) is 4.20. The molecule has 0 atom stereocenters. The summed E-state index contributed by atoms with van der Waals surface area (Å²) < 4.78 is 1.80. The van der Waals surface area contributed by atoms with Gasteiger partial charge < -0.3 is 14.8 Å². The lowest BCUT2D eigenvalue weighted by Crippen LogP contribution is -2.44. The van der Waals surface area contributed by atoms with Gasteiger partial charge in [-0.15, -0.1) is 0 Å². The van der Waals surface area contributed by atoms with Gasteiger partial charge in [0.1, 0.15) is 28.8 Å². The van der Waals surface area contributed by atoms with Crippen molar-refractivity contribution < 1.29 is 4.79 Å². The summed E-state index contributed by atoms with van der Waals surface area (Å²) in [7, 11) is 1.82. The number of hydrogen-bond donors (Lipinski definition) is 1.